The van der Waals surface area contributed by atoms with E-state index in [-0.39, 0.29) is 12.0 Å². The van der Waals surface area contributed by atoms with Crippen molar-refractivity contribution < 1.29 is 9.53 Å². The van der Waals surface area contributed by atoms with Crippen LogP contribution in [0.3, 0.4) is 0 Å². The van der Waals surface area contributed by atoms with Gasteiger partial charge < -0.3 is 14.5 Å². The molecule has 0 bridgehead atoms. The van der Waals surface area contributed by atoms with Gasteiger partial charge in [0, 0.05) is 26.3 Å². The largest absolute Gasteiger partial charge is 0.378 e. The summed E-state index contributed by atoms with van der Waals surface area (Å²) in [6.07, 6.45) is 0.405. The molecule has 1 aliphatic heterocycles. The van der Waals surface area contributed by atoms with Gasteiger partial charge in [-0.25, -0.2) is 0 Å². The number of anilines is 1. The third-order valence-electron chi connectivity index (χ3n) is 4.40. The third kappa shape index (κ3) is 3.95. The maximum Gasteiger partial charge on any atom is 0.227 e. The lowest BCUT2D eigenvalue weighted by atomic mass is 10.1. The molecule has 1 fully saturated rings. The van der Waals surface area contributed by atoms with Gasteiger partial charge in [-0.2, -0.15) is 0 Å². The topological polar surface area (TPSA) is 32.8 Å². The molecule has 1 aliphatic rings. The van der Waals surface area contributed by atoms with Crippen LogP contribution in [0.25, 0.3) is 0 Å². The molecule has 1 heterocycles. The Balaban J connectivity index is 1.64. The molecule has 4 nitrogen and oxygen atoms in total. The first-order valence-corrected chi connectivity index (χ1v) is 8.34. The molecule has 3 rings (SSSR count). The van der Waals surface area contributed by atoms with Crippen molar-refractivity contribution in [1.82, 2.24) is 4.90 Å². The van der Waals surface area contributed by atoms with E-state index in [0.29, 0.717) is 26.1 Å². The van der Waals surface area contributed by atoms with E-state index in [2.05, 4.69) is 29.2 Å². The molecule has 2 aromatic carbocycles. The number of nitrogens with zero attached hydrogens (tertiary/aromatic N) is 2. The highest BCUT2D eigenvalue weighted by Crippen LogP contribution is 2.24. The van der Waals surface area contributed by atoms with Crippen LogP contribution in [0.15, 0.2) is 54.6 Å². The number of benzene rings is 2. The highest BCUT2D eigenvalue weighted by molar-refractivity contribution is 5.78. The van der Waals surface area contributed by atoms with Crippen molar-refractivity contribution in [3.05, 3.63) is 65.7 Å². The lowest BCUT2D eigenvalue weighted by Crippen LogP contribution is -2.42. The first-order chi connectivity index (χ1) is 11.6. The number of ether oxygens (including phenoxy) is 1. The Morgan fingerprint density at radius 2 is 1.83 bits per heavy atom. The van der Waals surface area contributed by atoms with E-state index in [0.717, 1.165) is 16.8 Å². The van der Waals surface area contributed by atoms with E-state index < -0.39 is 0 Å². The molecule has 0 saturated carbocycles. The van der Waals surface area contributed by atoms with Crippen LogP contribution in [0.5, 0.6) is 0 Å². The van der Waals surface area contributed by atoms with Crippen LogP contribution >= 0.6 is 0 Å². The van der Waals surface area contributed by atoms with Crippen LogP contribution < -0.4 is 4.90 Å². The standard InChI is InChI=1S/C20H24N2O2/c1-21(2)18-10-8-17(9-11-18)19-15-22(12-13-24-19)20(23)14-16-6-4-3-5-7-16/h3-11,19H,12-15H2,1-2H3. The van der Waals surface area contributed by atoms with Gasteiger partial charge in [0.05, 0.1) is 19.6 Å². The lowest BCUT2D eigenvalue weighted by molar-refractivity contribution is -0.138. The predicted molar refractivity (Wildman–Crippen MR) is 96.2 cm³/mol. The van der Waals surface area contributed by atoms with Crippen molar-refractivity contribution in [2.24, 2.45) is 0 Å². The third-order valence-corrected chi connectivity index (χ3v) is 4.40. The van der Waals surface area contributed by atoms with Gasteiger partial charge in [-0.3, -0.25) is 4.79 Å². The van der Waals surface area contributed by atoms with Gasteiger partial charge in [-0.15, -0.1) is 0 Å². The monoisotopic (exact) mass is 324 g/mol. The minimum absolute atomic E-state index is 0.0466. The van der Waals surface area contributed by atoms with Crippen molar-refractivity contribution in [3.8, 4) is 0 Å². The fourth-order valence-electron chi connectivity index (χ4n) is 2.95. The van der Waals surface area contributed by atoms with Crippen molar-refractivity contribution >= 4 is 11.6 Å². The number of hydrogen-bond donors (Lipinski definition) is 0. The summed E-state index contributed by atoms with van der Waals surface area (Å²) in [6.45, 7) is 1.87. The second-order valence-corrected chi connectivity index (χ2v) is 6.35. The summed E-state index contributed by atoms with van der Waals surface area (Å²) < 4.78 is 5.89. The van der Waals surface area contributed by atoms with Crippen LogP contribution in [0.4, 0.5) is 5.69 Å². The van der Waals surface area contributed by atoms with E-state index in [9.17, 15) is 4.79 Å². The van der Waals surface area contributed by atoms with Gasteiger partial charge in [0.2, 0.25) is 5.91 Å². The Bertz CT molecular complexity index is 668. The number of carbonyl (C=O) groups is 1. The minimum Gasteiger partial charge on any atom is -0.378 e. The molecule has 0 spiro atoms. The lowest BCUT2D eigenvalue weighted by Gasteiger charge is -2.33. The van der Waals surface area contributed by atoms with Crippen molar-refractivity contribution in [2.75, 3.05) is 38.7 Å². The number of carbonyl (C=O) groups excluding carboxylic acids is 1. The average molecular weight is 324 g/mol. The van der Waals surface area contributed by atoms with Gasteiger partial charge in [0.25, 0.3) is 0 Å². The summed E-state index contributed by atoms with van der Waals surface area (Å²) in [7, 11) is 4.05. The first kappa shape index (κ1) is 16.5. The molecule has 0 aliphatic carbocycles. The molecule has 1 unspecified atom stereocenters. The Hall–Kier alpha value is -2.33. The summed E-state index contributed by atoms with van der Waals surface area (Å²) in [5, 5.41) is 0. The molecule has 126 valence electrons. The fourth-order valence-corrected chi connectivity index (χ4v) is 2.95. The Kier molecular flexibility index (Phi) is 5.16. The SMILES string of the molecule is CN(C)c1ccc(C2CN(C(=O)Cc3ccccc3)CCO2)cc1. The average Bonchev–Trinajstić information content (AvgIpc) is 2.63. The molecule has 0 N–H and O–H groups in total. The summed E-state index contributed by atoms with van der Waals surface area (Å²) in [4.78, 5) is 16.5. The molecular formula is C20H24N2O2. The zero-order valence-corrected chi connectivity index (χ0v) is 14.3. The molecule has 1 atom stereocenters. The van der Waals surface area contributed by atoms with Crippen LogP contribution in [0.2, 0.25) is 0 Å². The molecule has 2 aromatic rings. The normalized spacial score (nSPS) is 17.6. The second-order valence-electron chi connectivity index (χ2n) is 6.35. The van der Waals surface area contributed by atoms with E-state index in [1.165, 1.54) is 0 Å². The van der Waals surface area contributed by atoms with Crippen molar-refractivity contribution in [1.29, 1.82) is 0 Å². The van der Waals surface area contributed by atoms with Crippen LogP contribution in [-0.4, -0.2) is 44.6 Å². The fraction of sp³-hybridized carbons (Fsp3) is 0.350. The minimum atomic E-state index is -0.0466. The number of hydrogen-bond acceptors (Lipinski definition) is 3. The zero-order valence-electron chi connectivity index (χ0n) is 14.3. The number of morpholine rings is 1. The maximum atomic E-state index is 12.6. The Labute approximate surface area is 143 Å². The highest BCUT2D eigenvalue weighted by Gasteiger charge is 2.25. The van der Waals surface area contributed by atoms with Gasteiger partial charge >= 0.3 is 0 Å². The first-order valence-electron chi connectivity index (χ1n) is 8.34. The summed E-state index contributed by atoms with van der Waals surface area (Å²) in [5.41, 5.74) is 3.34. The van der Waals surface area contributed by atoms with E-state index >= 15 is 0 Å². The Morgan fingerprint density at radius 3 is 2.50 bits per heavy atom. The predicted octanol–water partition coefficient (Wildman–Crippen LogP) is 2.90. The van der Waals surface area contributed by atoms with Crippen molar-refractivity contribution in [2.45, 2.75) is 12.5 Å². The van der Waals surface area contributed by atoms with Crippen LogP contribution in [-0.2, 0) is 16.0 Å². The van der Waals surface area contributed by atoms with E-state index in [4.69, 9.17) is 4.74 Å². The number of rotatable bonds is 4. The van der Waals surface area contributed by atoms with Crippen LogP contribution in [0.1, 0.15) is 17.2 Å². The second kappa shape index (κ2) is 7.49. The smallest absolute Gasteiger partial charge is 0.227 e. The molecule has 0 aromatic heterocycles. The zero-order chi connectivity index (χ0) is 16.9. The van der Waals surface area contributed by atoms with Gasteiger partial charge in [0.15, 0.2) is 0 Å². The summed E-state index contributed by atoms with van der Waals surface area (Å²) >= 11 is 0. The van der Waals surface area contributed by atoms with Gasteiger partial charge in [0.1, 0.15) is 6.10 Å². The highest BCUT2D eigenvalue weighted by atomic mass is 16.5. The molecule has 4 heteroatoms. The van der Waals surface area contributed by atoms with Gasteiger partial charge in [-0.1, -0.05) is 42.5 Å². The van der Waals surface area contributed by atoms with E-state index in [1.54, 1.807) is 0 Å². The Morgan fingerprint density at radius 1 is 1.12 bits per heavy atom. The van der Waals surface area contributed by atoms with E-state index in [1.807, 2.05) is 49.3 Å². The summed E-state index contributed by atoms with van der Waals surface area (Å²) in [5.74, 6) is 0.166. The quantitative estimate of drug-likeness (QED) is 0.867. The molecule has 0 radical (unpaired) electrons. The van der Waals surface area contributed by atoms with Crippen LogP contribution in [0, 0.1) is 0 Å². The molecular weight excluding hydrogens is 300 g/mol. The molecule has 1 saturated heterocycles. The molecule has 1 amide bonds. The maximum absolute atomic E-state index is 12.6. The molecule has 24 heavy (non-hydrogen) atoms. The van der Waals surface area contributed by atoms with Crippen molar-refractivity contribution in [3.63, 3.8) is 0 Å². The number of amides is 1. The van der Waals surface area contributed by atoms with Gasteiger partial charge in [-0.05, 0) is 23.3 Å². The summed E-state index contributed by atoms with van der Waals surface area (Å²) in [6, 6.07) is 18.2.